The molecule has 0 saturated heterocycles. The third-order valence-corrected chi connectivity index (χ3v) is 9.91. The van der Waals surface area contributed by atoms with E-state index in [9.17, 15) is 0 Å². The van der Waals surface area contributed by atoms with Gasteiger partial charge in [-0.1, -0.05) is 127 Å². The highest BCUT2D eigenvalue weighted by atomic mass is 15.2. The van der Waals surface area contributed by atoms with Gasteiger partial charge in [0.15, 0.2) is 0 Å². The number of hydrogen-bond donors (Lipinski definition) is 0. The summed E-state index contributed by atoms with van der Waals surface area (Å²) in [7, 11) is 0. The SMILES string of the molecule is [2H]c1ccc2c(c1)c1cc([2H])ccc1n2-c1cc(-c2ccccc2-n2c3ccc([2H])cc3c3cc([2H])ccc32)nc(-n2c3ccc([2H])cc3c3cc([2H])ccc32)n1. The van der Waals surface area contributed by atoms with E-state index in [1.54, 1.807) is 36.4 Å². The summed E-state index contributed by atoms with van der Waals surface area (Å²) in [4.78, 5) is 10.7. The zero-order chi connectivity index (χ0) is 38.7. The van der Waals surface area contributed by atoms with Crippen molar-refractivity contribution in [2.45, 2.75) is 0 Å². The average molecular weight is 658 g/mol. The molecule has 0 fully saturated rings. The normalized spacial score (nSPS) is 13.6. The Morgan fingerprint density at radius 3 is 1.22 bits per heavy atom. The molecule has 4 heterocycles. The quantitative estimate of drug-likeness (QED) is 0.189. The van der Waals surface area contributed by atoms with Crippen molar-refractivity contribution < 1.29 is 8.22 Å². The third kappa shape index (κ3) is 4.03. The molecule has 0 amide bonds. The lowest BCUT2D eigenvalue weighted by Gasteiger charge is -2.16. The summed E-state index contributed by atoms with van der Waals surface area (Å²) >= 11 is 0. The molecule has 11 rings (SSSR count). The van der Waals surface area contributed by atoms with Crippen molar-refractivity contribution >= 4 is 65.4 Å². The molecule has 0 bridgehead atoms. The van der Waals surface area contributed by atoms with Crippen molar-refractivity contribution in [3.05, 3.63) is 176 Å². The number of fused-ring (bicyclic) bond motifs is 9. The van der Waals surface area contributed by atoms with Crippen LogP contribution in [0.1, 0.15) is 8.22 Å². The first-order valence-electron chi connectivity index (χ1n) is 19.7. The summed E-state index contributed by atoms with van der Waals surface area (Å²) in [5.74, 6) is 0.960. The van der Waals surface area contributed by atoms with Gasteiger partial charge in [-0.2, -0.15) is 4.98 Å². The Balaban J connectivity index is 1.27. The zero-order valence-electron chi connectivity index (χ0n) is 33.0. The standard InChI is InChI=1S/C46H29N5/c1-8-22-38-30(15-1)31-16-2-9-23-39(31)49(38)44-28-14-7-21-36(44)37-29-45(50-40-24-10-3-17-32(40)33-18-4-11-25-41(33)50)48-46(47-37)51-42-26-12-5-19-34(42)35-20-6-13-27-43(35)51/h1-29H/i1D,2D,3D,4D,5D,6D. The second-order valence-electron chi connectivity index (χ2n) is 12.6. The zero-order valence-corrected chi connectivity index (χ0v) is 27.0. The van der Waals surface area contributed by atoms with Gasteiger partial charge in [0.2, 0.25) is 5.95 Å². The van der Waals surface area contributed by atoms with E-state index in [1.807, 2.05) is 102 Å². The van der Waals surface area contributed by atoms with E-state index < -0.39 is 0 Å². The molecule has 0 aliphatic rings. The lowest BCUT2D eigenvalue weighted by atomic mass is 10.1. The number of hydrogen-bond acceptors (Lipinski definition) is 2. The van der Waals surface area contributed by atoms with Crippen molar-refractivity contribution in [3.63, 3.8) is 0 Å². The lowest BCUT2D eigenvalue weighted by Crippen LogP contribution is -2.08. The maximum atomic E-state index is 8.47. The molecule has 5 heteroatoms. The first kappa shape index (κ1) is 22.6. The van der Waals surface area contributed by atoms with Gasteiger partial charge >= 0.3 is 0 Å². The van der Waals surface area contributed by atoms with E-state index in [0.717, 1.165) is 76.7 Å². The largest absolute Gasteiger partial charge is 0.309 e. The number of benzene rings is 7. The van der Waals surface area contributed by atoms with Crippen LogP contribution in [0.5, 0.6) is 0 Å². The second kappa shape index (κ2) is 10.8. The highest BCUT2D eigenvalue weighted by molar-refractivity contribution is 6.11. The Bertz CT molecular complexity index is 3190. The molecule has 0 unspecified atom stereocenters. The molecule has 0 aliphatic heterocycles. The van der Waals surface area contributed by atoms with Crippen molar-refractivity contribution in [3.8, 4) is 28.7 Å². The summed E-state index contributed by atoms with van der Waals surface area (Å²) in [5, 5.41) is 5.07. The summed E-state index contributed by atoms with van der Waals surface area (Å²) in [5.41, 5.74) is 7.33. The Hall–Kier alpha value is -6.98. The second-order valence-corrected chi connectivity index (χ2v) is 12.6. The van der Waals surface area contributed by atoms with Crippen LogP contribution in [0, 0.1) is 0 Å². The molecule has 51 heavy (non-hydrogen) atoms. The lowest BCUT2D eigenvalue weighted by molar-refractivity contribution is 0.951. The van der Waals surface area contributed by atoms with Gasteiger partial charge in [-0.15, -0.1) is 0 Å². The fourth-order valence-electron chi connectivity index (χ4n) is 7.77. The van der Waals surface area contributed by atoms with Crippen LogP contribution in [0.3, 0.4) is 0 Å². The Morgan fingerprint density at radius 1 is 0.373 bits per heavy atom. The Morgan fingerprint density at radius 2 is 0.765 bits per heavy atom. The molecule has 0 atom stereocenters. The molecular weight excluding hydrogens is 623 g/mol. The van der Waals surface area contributed by atoms with Gasteiger partial charge in [-0.25, -0.2) is 4.98 Å². The van der Waals surface area contributed by atoms with Crippen LogP contribution in [0.15, 0.2) is 176 Å². The Kier molecular flexibility index (Phi) is 4.77. The van der Waals surface area contributed by atoms with Crippen LogP contribution in [0.25, 0.3) is 94.1 Å². The molecule has 11 aromatic rings. The van der Waals surface area contributed by atoms with Crippen molar-refractivity contribution in [1.29, 1.82) is 0 Å². The van der Waals surface area contributed by atoms with Gasteiger partial charge < -0.3 is 4.57 Å². The summed E-state index contributed by atoms with van der Waals surface area (Å²) < 4.78 is 57.0. The first-order valence-corrected chi connectivity index (χ1v) is 16.7. The molecule has 0 radical (unpaired) electrons. The fourth-order valence-corrected chi connectivity index (χ4v) is 7.77. The van der Waals surface area contributed by atoms with Crippen LogP contribution in [0.2, 0.25) is 0 Å². The van der Waals surface area contributed by atoms with Crippen molar-refractivity contribution in [2.24, 2.45) is 0 Å². The van der Waals surface area contributed by atoms with Crippen molar-refractivity contribution in [2.75, 3.05) is 0 Å². The van der Waals surface area contributed by atoms with E-state index in [1.165, 1.54) is 0 Å². The van der Waals surface area contributed by atoms with Gasteiger partial charge in [0.05, 0.1) is 52.7 Å². The summed E-state index contributed by atoms with van der Waals surface area (Å²) in [6.07, 6.45) is 0. The predicted octanol–water partition coefficient (Wildman–Crippen LogP) is 11.4. The van der Waals surface area contributed by atoms with Crippen LogP contribution in [0.4, 0.5) is 0 Å². The first-order chi connectivity index (χ1) is 27.7. The predicted molar refractivity (Wildman–Crippen MR) is 210 cm³/mol. The monoisotopic (exact) mass is 657 g/mol. The van der Waals surface area contributed by atoms with E-state index in [0.29, 0.717) is 53.7 Å². The van der Waals surface area contributed by atoms with Gasteiger partial charge in [0.1, 0.15) is 5.82 Å². The van der Waals surface area contributed by atoms with E-state index in [2.05, 4.69) is 15.2 Å². The van der Waals surface area contributed by atoms with Crippen LogP contribution >= 0.6 is 0 Å². The topological polar surface area (TPSA) is 40.6 Å². The molecule has 0 saturated carbocycles. The summed E-state index contributed by atoms with van der Waals surface area (Å²) in [6, 6.07) is 45.3. The van der Waals surface area contributed by atoms with Gasteiger partial charge in [-0.05, 0) is 42.5 Å². The molecule has 0 N–H and O–H groups in total. The molecule has 0 spiro atoms. The third-order valence-electron chi connectivity index (χ3n) is 9.91. The highest BCUT2D eigenvalue weighted by Gasteiger charge is 2.21. The molecule has 4 aromatic heterocycles. The molecule has 5 nitrogen and oxygen atoms in total. The van der Waals surface area contributed by atoms with Gasteiger partial charge in [0, 0.05) is 43.9 Å². The highest BCUT2D eigenvalue weighted by Crippen LogP contribution is 2.38. The maximum absolute atomic E-state index is 8.47. The fraction of sp³-hybridized carbons (Fsp3) is 0. The van der Waals surface area contributed by atoms with Crippen LogP contribution in [-0.2, 0) is 0 Å². The van der Waals surface area contributed by atoms with Gasteiger partial charge in [0.25, 0.3) is 0 Å². The number of nitrogens with zero attached hydrogens (tertiary/aromatic N) is 5. The van der Waals surface area contributed by atoms with E-state index >= 15 is 0 Å². The Labute approximate surface area is 301 Å². The molecular formula is C46H29N5. The van der Waals surface area contributed by atoms with E-state index in [-0.39, 0.29) is 0 Å². The van der Waals surface area contributed by atoms with Gasteiger partial charge in [-0.3, -0.25) is 9.13 Å². The minimum Gasteiger partial charge on any atom is -0.309 e. The maximum Gasteiger partial charge on any atom is 0.237 e. The van der Waals surface area contributed by atoms with E-state index in [4.69, 9.17) is 18.2 Å². The number of para-hydroxylation sites is 7. The molecule has 7 aromatic carbocycles. The molecule has 0 aliphatic carbocycles. The number of rotatable bonds is 4. The minimum absolute atomic E-state index is 0.357. The van der Waals surface area contributed by atoms with Crippen LogP contribution in [-0.4, -0.2) is 23.7 Å². The number of aromatic nitrogens is 5. The van der Waals surface area contributed by atoms with Crippen molar-refractivity contribution in [1.82, 2.24) is 23.7 Å². The average Bonchev–Trinajstić information content (AvgIpc) is 3.81. The van der Waals surface area contributed by atoms with Crippen LogP contribution < -0.4 is 0 Å². The summed E-state index contributed by atoms with van der Waals surface area (Å²) in [6.45, 7) is 0. The molecule has 238 valence electrons. The smallest absolute Gasteiger partial charge is 0.237 e. The minimum atomic E-state index is 0.357.